The lowest BCUT2D eigenvalue weighted by Gasteiger charge is -2.27. The van der Waals surface area contributed by atoms with Gasteiger partial charge in [0.25, 0.3) is 0 Å². The molecule has 0 amide bonds. The van der Waals surface area contributed by atoms with Crippen LogP contribution < -0.4 is 15.4 Å². The number of halogens is 1. The first-order valence-corrected chi connectivity index (χ1v) is 9.50. The molecule has 1 heterocycles. The Morgan fingerprint density at radius 1 is 1.27 bits per heavy atom. The van der Waals surface area contributed by atoms with E-state index in [1.165, 1.54) is 43.5 Å². The minimum absolute atomic E-state index is 0. The molecule has 0 saturated carbocycles. The Hall–Kier alpha value is -1.02. The number of ether oxygens (including phenoxy) is 1. The first kappa shape index (κ1) is 23.0. The smallest absolute Gasteiger partial charge is 0.191 e. The SMILES string of the molecule is CCC(CNC(=NC)NCCc1cc(C)ccc1OC)N1CCCC1.I. The van der Waals surface area contributed by atoms with E-state index in [0.29, 0.717) is 6.04 Å². The average Bonchev–Trinajstić information content (AvgIpc) is 3.15. The maximum Gasteiger partial charge on any atom is 0.191 e. The van der Waals surface area contributed by atoms with Crippen molar-refractivity contribution in [1.82, 2.24) is 15.5 Å². The fourth-order valence-electron chi connectivity index (χ4n) is 3.49. The van der Waals surface area contributed by atoms with Crippen molar-refractivity contribution in [3.8, 4) is 5.75 Å². The zero-order valence-electron chi connectivity index (χ0n) is 16.7. The van der Waals surface area contributed by atoms with E-state index < -0.39 is 0 Å². The van der Waals surface area contributed by atoms with E-state index in [0.717, 1.165) is 31.2 Å². The number of likely N-dealkylation sites (tertiary alicyclic amines) is 1. The Kier molecular flexibility index (Phi) is 11.0. The fraction of sp³-hybridized carbons (Fsp3) is 0.650. The number of rotatable bonds is 8. The molecule has 5 nitrogen and oxygen atoms in total. The molecule has 26 heavy (non-hydrogen) atoms. The standard InChI is InChI=1S/C20H34N4O.HI/c1-5-18(24-12-6-7-13-24)15-23-20(21-3)22-11-10-17-14-16(2)8-9-19(17)25-4;/h8-9,14,18H,5-7,10-13,15H2,1-4H3,(H2,21,22,23);1H. The van der Waals surface area contributed by atoms with Gasteiger partial charge in [0.1, 0.15) is 5.75 Å². The summed E-state index contributed by atoms with van der Waals surface area (Å²) in [5.74, 6) is 1.83. The molecule has 0 spiro atoms. The van der Waals surface area contributed by atoms with Crippen LogP contribution in [0.4, 0.5) is 0 Å². The van der Waals surface area contributed by atoms with E-state index in [1.807, 2.05) is 13.1 Å². The van der Waals surface area contributed by atoms with Gasteiger partial charge in [0, 0.05) is 26.2 Å². The molecule has 2 rings (SSSR count). The van der Waals surface area contributed by atoms with Crippen LogP contribution in [0.25, 0.3) is 0 Å². The van der Waals surface area contributed by atoms with Gasteiger partial charge in [-0.2, -0.15) is 0 Å². The first-order chi connectivity index (χ1) is 12.2. The van der Waals surface area contributed by atoms with Gasteiger partial charge in [0.2, 0.25) is 0 Å². The highest BCUT2D eigenvalue weighted by molar-refractivity contribution is 14.0. The van der Waals surface area contributed by atoms with Gasteiger partial charge in [-0.25, -0.2) is 0 Å². The van der Waals surface area contributed by atoms with Gasteiger partial charge in [-0.3, -0.25) is 9.89 Å². The molecule has 1 aliphatic heterocycles. The summed E-state index contributed by atoms with van der Waals surface area (Å²) in [5, 5.41) is 6.91. The van der Waals surface area contributed by atoms with E-state index in [1.54, 1.807) is 7.11 Å². The van der Waals surface area contributed by atoms with Crippen molar-refractivity contribution in [1.29, 1.82) is 0 Å². The monoisotopic (exact) mass is 474 g/mol. The van der Waals surface area contributed by atoms with Gasteiger partial charge in [-0.15, -0.1) is 24.0 Å². The normalized spacial score (nSPS) is 16.1. The Bertz CT molecular complexity index is 559. The van der Waals surface area contributed by atoms with Crippen molar-refractivity contribution in [3.63, 3.8) is 0 Å². The second-order valence-electron chi connectivity index (χ2n) is 6.75. The molecule has 148 valence electrons. The van der Waals surface area contributed by atoms with E-state index in [9.17, 15) is 0 Å². The lowest BCUT2D eigenvalue weighted by atomic mass is 10.1. The molecule has 0 radical (unpaired) electrons. The molecule has 1 unspecified atom stereocenters. The van der Waals surface area contributed by atoms with Crippen molar-refractivity contribution in [2.45, 2.75) is 45.6 Å². The van der Waals surface area contributed by atoms with Gasteiger partial charge < -0.3 is 15.4 Å². The molecule has 1 aromatic rings. The number of hydrogen-bond donors (Lipinski definition) is 2. The molecule has 0 bridgehead atoms. The number of hydrogen-bond acceptors (Lipinski definition) is 3. The summed E-state index contributed by atoms with van der Waals surface area (Å²) in [7, 11) is 3.56. The Morgan fingerprint density at radius 3 is 2.62 bits per heavy atom. The highest BCUT2D eigenvalue weighted by Gasteiger charge is 2.20. The van der Waals surface area contributed by atoms with Crippen molar-refractivity contribution >= 4 is 29.9 Å². The van der Waals surface area contributed by atoms with Crippen LogP contribution in [0, 0.1) is 6.92 Å². The zero-order valence-corrected chi connectivity index (χ0v) is 19.0. The van der Waals surface area contributed by atoms with E-state index in [2.05, 4.69) is 46.5 Å². The van der Waals surface area contributed by atoms with Crippen molar-refractivity contribution in [2.24, 2.45) is 4.99 Å². The molecule has 6 heteroatoms. The largest absolute Gasteiger partial charge is 0.496 e. The van der Waals surface area contributed by atoms with Gasteiger partial charge in [-0.05, 0) is 57.3 Å². The van der Waals surface area contributed by atoms with Crippen molar-refractivity contribution in [3.05, 3.63) is 29.3 Å². The summed E-state index contributed by atoms with van der Waals surface area (Å²) in [6.45, 7) is 8.63. The van der Waals surface area contributed by atoms with E-state index in [4.69, 9.17) is 4.74 Å². The van der Waals surface area contributed by atoms with Crippen LogP contribution in [0.5, 0.6) is 5.75 Å². The topological polar surface area (TPSA) is 48.9 Å². The third-order valence-corrected chi connectivity index (χ3v) is 4.98. The molecule has 1 atom stereocenters. The predicted octanol–water partition coefficient (Wildman–Crippen LogP) is 3.20. The Balaban J connectivity index is 0.00000338. The lowest BCUT2D eigenvalue weighted by Crippen LogP contribution is -2.46. The number of methoxy groups -OCH3 is 1. The van der Waals surface area contributed by atoms with E-state index >= 15 is 0 Å². The van der Waals surface area contributed by atoms with Crippen molar-refractivity contribution in [2.75, 3.05) is 40.3 Å². The number of guanidine groups is 1. The van der Waals surface area contributed by atoms with Crippen LogP contribution in [-0.2, 0) is 6.42 Å². The maximum absolute atomic E-state index is 5.46. The highest BCUT2D eigenvalue weighted by Crippen LogP contribution is 2.19. The minimum Gasteiger partial charge on any atom is -0.496 e. The predicted molar refractivity (Wildman–Crippen MR) is 121 cm³/mol. The Morgan fingerprint density at radius 2 is 2.00 bits per heavy atom. The van der Waals surface area contributed by atoms with Gasteiger partial charge in [0.05, 0.1) is 7.11 Å². The average molecular weight is 474 g/mol. The number of nitrogens with one attached hydrogen (secondary N) is 2. The fourth-order valence-corrected chi connectivity index (χ4v) is 3.49. The summed E-state index contributed by atoms with van der Waals surface area (Å²) in [6, 6.07) is 6.91. The molecular formula is C20H35IN4O. The quantitative estimate of drug-likeness (QED) is 0.345. The molecule has 0 aromatic heterocycles. The first-order valence-electron chi connectivity index (χ1n) is 9.50. The van der Waals surface area contributed by atoms with Crippen LogP contribution in [0.3, 0.4) is 0 Å². The summed E-state index contributed by atoms with van der Waals surface area (Å²) in [4.78, 5) is 6.95. The maximum atomic E-state index is 5.46. The molecule has 1 saturated heterocycles. The summed E-state index contributed by atoms with van der Waals surface area (Å²) >= 11 is 0. The number of nitrogens with zero attached hydrogens (tertiary/aromatic N) is 2. The van der Waals surface area contributed by atoms with Crippen molar-refractivity contribution < 1.29 is 4.74 Å². The zero-order chi connectivity index (χ0) is 18.1. The highest BCUT2D eigenvalue weighted by atomic mass is 127. The minimum atomic E-state index is 0. The third kappa shape index (κ3) is 6.95. The third-order valence-electron chi connectivity index (χ3n) is 4.98. The molecule has 2 N–H and O–H groups in total. The van der Waals surface area contributed by atoms with Gasteiger partial charge >= 0.3 is 0 Å². The number of benzene rings is 1. The van der Waals surface area contributed by atoms with Crippen LogP contribution in [-0.4, -0.2) is 57.2 Å². The van der Waals surface area contributed by atoms with Crippen LogP contribution in [0.15, 0.2) is 23.2 Å². The second kappa shape index (κ2) is 12.4. The number of aryl methyl sites for hydroxylation is 1. The van der Waals surface area contributed by atoms with Crippen LogP contribution in [0.2, 0.25) is 0 Å². The van der Waals surface area contributed by atoms with Gasteiger partial charge in [-0.1, -0.05) is 24.6 Å². The van der Waals surface area contributed by atoms with E-state index in [-0.39, 0.29) is 24.0 Å². The van der Waals surface area contributed by atoms with Crippen LogP contribution in [0.1, 0.15) is 37.3 Å². The molecule has 0 aliphatic carbocycles. The Labute approximate surface area is 176 Å². The second-order valence-corrected chi connectivity index (χ2v) is 6.75. The molecule has 1 fully saturated rings. The van der Waals surface area contributed by atoms with Gasteiger partial charge in [0.15, 0.2) is 5.96 Å². The summed E-state index contributed by atoms with van der Waals surface area (Å²) in [6.07, 6.45) is 4.75. The molecular weight excluding hydrogens is 439 g/mol. The molecule has 1 aromatic carbocycles. The summed E-state index contributed by atoms with van der Waals surface area (Å²) in [5.41, 5.74) is 2.49. The molecule has 1 aliphatic rings. The summed E-state index contributed by atoms with van der Waals surface area (Å²) < 4.78 is 5.46. The number of aliphatic imine (C=N–C) groups is 1. The lowest BCUT2D eigenvalue weighted by molar-refractivity contribution is 0.236. The van der Waals surface area contributed by atoms with Crippen LogP contribution >= 0.6 is 24.0 Å².